The SMILES string of the molecule is Cc1cc(C(=O)NCCCOCC2CC2)c2cnn(Cc3cccs3)c2n1. The van der Waals surface area contributed by atoms with Crippen molar-refractivity contribution in [1.29, 1.82) is 0 Å². The van der Waals surface area contributed by atoms with Gasteiger partial charge in [-0.2, -0.15) is 5.10 Å². The molecular formula is C20H24N4O2S. The van der Waals surface area contributed by atoms with E-state index in [0.29, 0.717) is 25.3 Å². The second-order valence-corrected chi connectivity index (χ2v) is 8.09. The van der Waals surface area contributed by atoms with Gasteiger partial charge >= 0.3 is 0 Å². The van der Waals surface area contributed by atoms with E-state index in [4.69, 9.17) is 4.74 Å². The third-order valence-corrected chi connectivity index (χ3v) is 5.53. The van der Waals surface area contributed by atoms with Gasteiger partial charge in [-0.15, -0.1) is 11.3 Å². The van der Waals surface area contributed by atoms with Crippen LogP contribution in [0.2, 0.25) is 0 Å². The molecule has 3 aromatic heterocycles. The zero-order chi connectivity index (χ0) is 18.6. The molecule has 7 heteroatoms. The molecule has 1 aliphatic rings. The molecule has 0 aromatic carbocycles. The molecular weight excluding hydrogens is 360 g/mol. The van der Waals surface area contributed by atoms with Crippen molar-refractivity contribution in [3.05, 3.63) is 45.9 Å². The highest BCUT2D eigenvalue weighted by Crippen LogP contribution is 2.28. The van der Waals surface area contributed by atoms with Crippen molar-refractivity contribution in [3.63, 3.8) is 0 Å². The Hall–Kier alpha value is -2.25. The number of carbonyl (C=O) groups is 1. The summed E-state index contributed by atoms with van der Waals surface area (Å²) in [5.74, 6) is 0.696. The Morgan fingerprint density at radius 1 is 1.44 bits per heavy atom. The molecule has 0 radical (unpaired) electrons. The van der Waals surface area contributed by atoms with Gasteiger partial charge in [-0.25, -0.2) is 9.67 Å². The van der Waals surface area contributed by atoms with E-state index in [1.54, 1.807) is 17.5 Å². The Balaban J connectivity index is 1.41. The van der Waals surface area contributed by atoms with E-state index in [2.05, 4.69) is 21.5 Å². The molecule has 1 amide bonds. The molecule has 27 heavy (non-hydrogen) atoms. The number of hydrogen-bond donors (Lipinski definition) is 1. The van der Waals surface area contributed by atoms with E-state index in [1.165, 1.54) is 17.7 Å². The van der Waals surface area contributed by atoms with Crippen molar-refractivity contribution in [1.82, 2.24) is 20.1 Å². The van der Waals surface area contributed by atoms with Crippen LogP contribution in [0.15, 0.2) is 29.8 Å². The van der Waals surface area contributed by atoms with Gasteiger partial charge in [0.25, 0.3) is 5.91 Å². The van der Waals surface area contributed by atoms with Gasteiger partial charge in [0.2, 0.25) is 0 Å². The minimum atomic E-state index is -0.0802. The zero-order valence-electron chi connectivity index (χ0n) is 15.5. The Bertz CT molecular complexity index is 916. The van der Waals surface area contributed by atoms with Gasteiger partial charge in [-0.1, -0.05) is 6.07 Å². The molecule has 6 nitrogen and oxygen atoms in total. The first-order chi connectivity index (χ1) is 13.2. The number of amides is 1. The minimum Gasteiger partial charge on any atom is -0.381 e. The van der Waals surface area contributed by atoms with Gasteiger partial charge < -0.3 is 10.1 Å². The molecule has 4 rings (SSSR count). The maximum absolute atomic E-state index is 12.7. The topological polar surface area (TPSA) is 69.0 Å². The molecule has 1 fully saturated rings. The largest absolute Gasteiger partial charge is 0.381 e. The Morgan fingerprint density at radius 2 is 2.33 bits per heavy atom. The van der Waals surface area contributed by atoms with Crippen LogP contribution >= 0.6 is 11.3 Å². The van der Waals surface area contributed by atoms with Crippen molar-refractivity contribution in [2.45, 2.75) is 32.7 Å². The second kappa shape index (κ2) is 8.19. The van der Waals surface area contributed by atoms with Crippen LogP contribution in [0.3, 0.4) is 0 Å². The summed E-state index contributed by atoms with van der Waals surface area (Å²) >= 11 is 1.69. The van der Waals surface area contributed by atoms with Crippen LogP contribution in [-0.4, -0.2) is 40.4 Å². The predicted octanol–water partition coefficient (Wildman–Crippen LogP) is 3.40. The van der Waals surface area contributed by atoms with E-state index in [9.17, 15) is 4.79 Å². The van der Waals surface area contributed by atoms with Crippen LogP contribution in [0, 0.1) is 12.8 Å². The van der Waals surface area contributed by atoms with Crippen molar-refractivity contribution < 1.29 is 9.53 Å². The van der Waals surface area contributed by atoms with Crippen LogP contribution < -0.4 is 5.32 Å². The lowest BCUT2D eigenvalue weighted by Crippen LogP contribution is -2.25. The number of rotatable bonds is 9. The quantitative estimate of drug-likeness (QED) is 0.574. The molecule has 0 atom stereocenters. The minimum absolute atomic E-state index is 0.0802. The number of thiophene rings is 1. The lowest BCUT2D eigenvalue weighted by atomic mass is 10.1. The van der Waals surface area contributed by atoms with Crippen LogP contribution in [0.5, 0.6) is 0 Å². The molecule has 1 saturated carbocycles. The number of fused-ring (bicyclic) bond motifs is 1. The number of ether oxygens (including phenoxy) is 1. The maximum atomic E-state index is 12.7. The van der Waals surface area contributed by atoms with Gasteiger partial charge in [0, 0.05) is 30.3 Å². The number of nitrogens with one attached hydrogen (secondary N) is 1. The number of hydrogen-bond acceptors (Lipinski definition) is 5. The predicted molar refractivity (Wildman–Crippen MR) is 106 cm³/mol. The number of carbonyl (C=O) groups excluding carboxylic acids is 1. The van der Waals surface area contributed by atoms with Crippen molar-refractivity contribution in [2.24, 2.45) is 5.92 Å². The molecule has 3 aromatic rings. The summed E-state index contributed by atoms with van der Waals surface area (Å²) in [5.41, 5.74) is 2.20. The van der Waals surface area contributed by atoms with E-state index < -0.39 is 0 Å². The molecule has 1 aliphatic carbocycles. The first-order valence-electron chi connectivity index (χ1n) is 9.42. The average molecular weight is 385 g/mol. The molecule has 0 aliphatic heterocycles. The number of aryl methyl sites for hydroxylation is 1. The lowest BCUT2D eigenvalue weighted by Gasteiger charge is -2.08. The van der Waals surface area contributed by atoms with E-state index >= 15 is 0 Å². The highest BCUT2D eigenvalue weighted by Gasteiger charge is 2.21. The van der Waals surface area contributed by atoms with Gasteiger partial charge in [0.15, 0.2) is 5.65 Å². The van der Waals surface area contributed by atoms with Crippen molar-refractivity contribution in [2.75, 3.05) is 19.8 Å². The highest BCUT2D eigenvalue weighted by molar-refractivity contribution is 7.09. The monoisotopic (exact) mass is 384 g/mol. The van der Waals surface area contributed by atoms with Gasteiger partial charge in [0.05, 0.1) is 23.7 Å². The number of nitrogens with zero attached hydrogens (tertiary/aromatic N) is 3. The smallest absolute Gasteiger partial charge is 0.252 e. The Labute approximate surface area is 162 Å². The summed E-state index contributed by atoms with van der Waals surface area (Å²) in [5, 5.41) is 10.3. The molecule has 1 N–H and O–H groups in total. The first-order valence-corrected chi connectivity index (χ1v) is 10.3. The van der Waals surface area contributed by atoms with Crippen molar-refractivity contribution in [3.8, 4) is 0 Å². The Morgan fingerprint density at radius 3 is 3.11 bits per heavy atom. The van der Waals surface area contributed by atoms with Gasteiger partial charge in [-0.3, -0.25) is 4.79 Å². The van der Waals surface area contributed by atoms with Crippen LogP contribution in [-0.2, 0) is 11.3 Å². The van der Waals surface area contributed by atoms with E-state index in [-0.39, 0.29) is 5.91 Å². The third-order valence-electron chi connectivity index (χ3n) is 4.67. The summed E-state index contributed by atoms with van der Waals surface area (Å²) in [6, 6.07) is 5.93. The van der Waals surface area contributed by atoms with Crippen LogP contribution in [0.4, 0.5) is 0 Å². The Kier molecular flexibility index (Phi) is 5.50. The maximum Gasteiger partial charge on any atom is 0.252 e. The second-order valence-electron chi connectivity index (χ2n) is 7.06. The normalized spacial score (nSPS) is 14.0. The fraction of sp³-hybridized carbons (Fsp3) is 0.450. The highest BCUT2D eigenvalue weighted by atomic mass is 32.1. The fourth-order valence-corrected chi connectivity index (χ4v) is 3.72. The van der Waals surface area contributed by atoms with Crippen LogP contribution in [0.1, 0.15) is 40.2 Å². The average Bonchev–Trinajstić information content (AvgIpc) is 3.18. The molecule has 0 spiro atoms. The molecule has 3 heterocycles. The zero-order valence-corrected chi connectivity index (χ0v) is 16.3. The summed E-state index contributed by atoms with van der Waals surface area (Å²) in [6.45, 7) is 4.74. The first kappa shape index (κ1) is 18.1. The molecule has 0 bridgehead atoms. The lowest BCUT2D eigenvalue weighted by molar-refractivity contribution is 0.0939. The fourth-order valence-electron chi connectivity index (χ4n) is 3.03. The van der Waals surface area contributed by atoms with E-state index in [0.717, 1.165) is 35.7 Å². The molecule has 0 unspecified atom stereocenters. The third kappa shape index (κ3) is 4.54. The summed E-state index contributed by atoms with van der Waals surface area (Å²) in [4.78, 5) is 18.5. The number of pyridine rings is 1. The summed E-state index contributed by atoms with van der Waals surface area (Å²) in [7, 11) is 0. The van der Waals surface area contributed by atoms with Crippen molar-refractivity contribution >= 4 is 28.3 Å². The summed E-state index contributed by atoms with van der Waals surface area (Å²) < 4.78 is 7.47. The molecule has 0 saturated heterocycles. The van der Waals surface area contributed by atoms with Gasteiger partial charge in [0.1, 0.15) is 0 Å². The number of aromatic nitrogens is 3. The summed E-state index contributed by atoms with van der Waals surface area (Å²) in [6.07, 6.45) is 5.16. The molecule has 142 valence electrons. The van der Waals surface area contributed by atoms with Gasteiger partial charge in [-0.05, 0) is 49.6 Å². The van der Waals surface area contributed by atoms with Crippen LogP contribution in [0.25, 0.3) is 11.0 Å². The van der Waals surface area contributed by atoms with E-state index in [1.807, 2.05) is 29.1 Å². The standard InChI is InChI=1S/C20H24N4O2S/c1-14-10-17(20(25)21-7-3-8-26-13-15-5-6-15)18-11-22-24(19(18)23-14)12-16-4-2-9-27-16/h2,4,9-11,15H,3,5-8,12-13H2,1H3,(H,21,25).